The minimum Gasteiger partial charge on any atom is -0.238 e. The zero-order chi connectivity index (χ0) is 14.6. The summed E-state index contributed by atoms with van der Waals surface area (Å²) < 4.78 is 24.3. The second-order valence-electron chi connectivity index (χ2n) is 5.43. The van der Waals surface area contributed by atoms with Crippen molar-refractivity contribution in [1.29, 1.82) is 0 Å². The van der Waals surface area contributed by atoms with Crippen LogP contribution in [0.25, 0.3) is 0 Å². The van der Waals surface area contributed by atoms with Crippen LogP contribution in [-0.2, 0) is 9.84 Å². The van der Waals surface area contributed by atoms with Gasteiger partial charge in [-0.15, -0.1) is 12.7 Å². The van der Waals surface area contributed by atoms with Crippen LogP contribution in [0.3, 0.4) is 0 Å². The molecule has 1 aliphatic carbocycles. The molecule has 0 heterocycles. The first kappa shape index (κ1) is 18.2. The zero-order valence-corrected chi connectivity index (χ0v) is 13.9. The van der Waals surface area contributed by atoms with E-state index in [1.54, 1.807) is 30.3 Å². The van der Waals surface area contributed by atoms with Crippen molar-refractivity contribution in [2.75, 3.05) is 0 Å². The Morgan fingerprint density at radius 3 is 2.52 bits per heavy atom. The third-order valence-corrected chi connectivity index (χ3v) is 5.29. The molecular weight excluding hydrogens is 275 g/mol. The number of allylic oxidation sites excluding steroid dienone is 3. The monoisotopic (exact) mass is 296 g/mol. The molecule has 0 spiro atoms. The summed E-state index contributed by atoms with van der Waals surface area (Å²) in [4.78, 5) is 0.350. The molecule has 1 unspecified atom stereocenters. The first-order valence-corrected chi connectivity index (χ1v) is 8.51. The fraction of sp³-hybridized carbons (Fsp3) is 0.353. The van der Waals surface area contributed by atoms with Gasteiger partial charge >= 0.3 is 18.9 Å². The van der Waals surface area contributed by atoms with E-state index in [-0.39, 0.29) is 18.9 Å². The molecule has 0 aliphatic heterocycles. The van der Waals surface area contributed by atoms with Crippen LogP contribution in [0, 0.1) is 11.7 Å². The van der Waals surface area contributed by atoms with Crippen molar-refractivity contribution in [2.45, 2.75) is 38.0 Å². The van der Waals surface area contributed by atoms with Gasteiger partial charge in [-0.3, -0.25) is 0 Å². The van der Waals surface area contributed by atoms with Crippen molar-refractivity contribution < 1.29 is 27.3 Å². The second kappa shape index (κ2) is 7.94. The van der Waals surface area contributed by atoms with E-state index in [0.29, 0.717) is 10.8 Å². The summed E-state index contributed by atoms with van der Waals surface area (Å²) in [6.07, 6.45) is 7.28. The van der Waals surface area contributed by atoms with Crippen molar-refractivity contribution >= 4 is 9.84 Å². The molecule has 0 aromatic heterocycles. The maximum atomic E-state index is 12.2. The van der Waals surface area contributed by atoms with Gasteiger partial charge in [-0.25, -0.2) is 20.1 Å². The van der Waals surface area contributed by atoms with E-state index in [9.17, 15) is 8.42 Å². The minimum atomic E-state index is -3.32. The molecule has 0 radical (unpaired) electrons. The molecule has 1 atom stereocenters. The van der Waals surface area contributed by atoms with Gasteiger partial charge in [0.25, 0.3) is 0 Å². The van der Waals surface area contributed by atoms with Crippen LogP contribution in [0.15, 0.2) is 58.5 Å². The summed E-state index contributed by atoms with van der Waals surface area (Å²) in [7, 11) is -3.32. The van der Waals surface area contributed by atoms with Crippen LogP contribution in [0.4, 0.5) is 0 Å². The first-order chi connectivity index (χ1) is 9.49. The molecule has 0 N–H and O–H groups in total. The van der Waals surface area contributed by atoms with Gasteiger partial charge < -0.3 is 0 Å². The molecule has 1 aliphatic rings. The Morgan fingerprint density at radius 2 is 1.95 bits per heavy atom. The molecule has 4 heteroatoms. The molecule has 1 aromatic carbocycles. The van der Waals surface area contributed by atoms with E-state index in [4.69, 9.17) is 0 Å². The van der Waals surface area contributed by atoms with E-state index in [0.717, 1.165) is 24.8 Å². The standard InChI is InChI=1S/C17H21O2S.Li/c1-14-8-10-16(11-9-14)15(2)12-13-20(18,19)17-6-4-3-5-7-17;/h3-8,12-13,16H,9-11H2,1-2H3;/q-1;+1/b15-12+;. The molecular formula is C17H21LiO2S. The van der Waals surface area contributed by atoms with Crippen molar-refractivity contribution in [3.8, 4) is 0 Å². The van der Waals surface area contributed by atoms with Crippen molar-refractivity contribution in [3.05, 3.63) is 59.4 Å². The van der Waals surface area contributed by atoms with Gasteiger partial charge in [0.1, 0.15) is 9.84 Å². The Labute approximate surface area is 140 Å². The fourth-order valence-corrected chi connectivity index (χ4v) is 3.49. The average Bonchev–Trinajstić information content (AvgIpc) is 2.46. The summed E-state index contributed by atoms with van der Waals surface area (Å²) in [5.41, 5.74) is 2.59. The average molecular weight is 296 g/mol. The van der Waals surface area contributed by atoms with Crippen LogP contribution in [0.1, 0.15) is 33.1 Å². The molecule has 0 fully saturated rings. The van der Waals surface area contributed by atoms with Crippen LogP contribution in [-0.4, -0.2) is 8.42 Å². The SMILES string of the molecule is CC1=CCC(/C(C)=C/[CH-]S(=O)(=O)c2ccccc2)CC1.[Li+]. The van der Waals surface area contributed by atoms with Gasteiger partial charge in [0.2, 0.25) is 0 Å². The quantitative estimate of drug-likeness (QED) is 0.477. The third-order valence-electron chi connectivity index (χ3n) is 3.86. The third kappa shape index (κ3) is 5.11. The van der Waals surface area contributed by atoms with Gasteiger partial charge in [-0.2, -0.15) is 0 Å². The van der Waals surface area contributed by atoms with Crippen LogP contribution in [0.5, 0.6) is 0 Å². The van der Waals surface area contributed by atoms with Crippen LogP contribution < -0.4 is 18.9 Å². The van der Waals surface area contributed by atoms with Gasteiger partial charge in [-0.05, 0) is 31.9 Å². The zero-order valence-electron chi connectivity index (χ0n) is 13.0. The van der Waals surface area contributed by atoms with E-state index in [1.807, 2.05) is 13.0 Å². The molecule has 2 rings (SSSR count). The molecule has 21 heavy (non-hydrogen) atoms. The summed E-state index contributed by atoms with van der Waals surface area (Å²) in [6.45, 7) is 4.18. The number of hydrogen-bond acceptors (Lipinski definition) is 2. The molecule has 2 nitrogen and oxygen atoms in total. The molecule has 0 amide bonds. The van der Waals surface area contributed by atoms with Crippen molar-refractivity contribution in [1.82, 2.24) is 0 Å². The van der Waals surface area contributed by atoms with Gasteiger partial charge in [0, 0.05) is 0 Å². The van der Waals surface area contributed by atoms with Crippen LogP contribution >= 0.6 is 0 Å². The van der Waals surface area contributed by atoms with E-state index >= 15 is 0 Å². The number of sulfone groups is 1. The summed E-state index contributed by atoms with van der Waals surface area (Å²) in [5.74, 6) is 1.81. The van der Waals surface area contributed by atoms with Gasteiger partial charge in [0.05, 0.1) is 4.90 Å². The van der Waals surface area contributed by atoms with Crippen LogP contribution in [0.2, 0.25) is 0 Å². The molecule has 0 saturated heterocycles. The maximum Gasteiger partial charge on any atom is 1.00 e. The molecule has 0 saturated carbocycles. The second-order valence-corrected chi connectivity index (χ2v) is 7.26. The van der Waals surface area contributed by atoms with Gasteiger partial charge in [-0.1, -0.05) is 42.2 Å². The largest absolute Gasteiger partial charge is 1.00 e. The molecule has 0 bridgehead atoms. The smallest absolute Gasteiger partial charge is 0.238 e. The summed E-state index contributed by atoms with van der Waals surface area (Å²) >= 11 is 0. The van der Waals surface area contributed by atoms with Crippen molar-refractivity contribution in [2.24, 2.45) is 5.92 Å². The Balaban J connectivity index is 0.00000220. The normalized spacial score (nSPS) is 19.4. The van der Waals surface area contributed by atoms with E-state index in [1.165, 1.54) is 11.3 Å². The predicted octanol–water partition coefficient (Wildman–Crippen LogP) is 1.32. The Morgan fingerprint density at radius 1 is 1.29 bits per heavy atom. The topological polar surface area (TPSA) is 34.1 Å². The summed E-state index contributed by atoms with van der Waals surface area (Å²) in [6, 6.07) is 8.55. The van der Waals surface area contributed by atoms with Gasteiger partial charge in [0.15, 0.2) is 0 Å². The minimum absolute atomic E-state index is 0. The number of rotatable bonds is 4. The predicted molar refractivity (Wildman–Crippen MR) is 82.8 cm³/mol. The molecule has 108 valence electrons. The fourth-order valence-electron chi connectivity index (χ4n) is 2.40. The molecule has 1 aromatic rings. The Bertz CT molecular complexity index is 615. The van der Waals surface area contributed by atoms with Crippen molar-refractivity contribution in [3.63, 3.8) is 0 Å². The Hall–Kier alpha value is -0.883. The Kier molecular flexibility index (Phi) is 6.87. The summed E-state index contributed by atoms with van der Waals surface area (Å²) in [5, 5.41) is 0. The maximum absolute atomic E-state index is 12.2. The number of hydrogen-bond donors (Lipinski definition) is 0. The van der Waals surface area contributed by atoms with E-state index < -0.39 is 9.84 Å². The first-order valence-electron chi connectivity index (χ1n) is 6.96. The number of benzene rings is 1. The van der Waals surface area contributed by atoms with E-state index in [2.05, 4.69) is 13.0 Å².